The van der Waals surface area contributed by atoms with Gasteiger partial charge in [0.25, 0.3) is 5.91 Å². The van der Waals surface area contributed by atoms with E-state index in [0.29, 0.717) is 28.7 Å². The third-order valence-corrected chi connectivity index (χ3v) is 6.21. The summed E-state index contributed by atoms with van der Waals surface area (Å²) < 4.78 is 11.8. The molecule has 5 nitrogen and oxygen atoms in total. The molecule has 1 amide bonds. The molecule has 4 aromatic rings. The maximum Gasteiger partial charge on any atom is 0.260 e. The van der Waals surface area contributed by atoms with Crippen LogP contribution in [-0.2, 0) is 13.0 Å². The zero-order valence-corrected chi connectivity index (χ0v) is 18.6. The van der Waals surface area contributed by atoms with Crippen molar-refractivity contribution in [2.24, 2.45) is 0 Å². The molecule has 3 aromatic carbocycles. The number of rotatable bonds is 7. The van der Waals surface area contributed by atoms with Gasteiger partial charge in [-0.3, -0.25) is 9.69 Å². The summed E-state index contributed by atoms with van der Waals surface area (Å²) in [5.74, 6) is 0.966. The number of ether oxygens (including phenoxy) is 2. The number of amides is 1. The van der Waals surface area contributed by atoms with Gasteiger partial charge in [-0.2, -0.15) is 0 Å². The number of para-hydroxylation sites is 1. The van der Waals surface area contributed by atoms with Crippen molar-refractivity contribution in [2.45, 2.75) is 19.9 Å². The van der Waals surface area contributed by atoms with Crippen LogP contribution in [0.3, 0.4) is 0 Å². The lowest BCUT2D eigenvalue weighted by molar-refractivity contribution is 0.0984. The largest absolute Gasteiger partial charge is 0.493 e. The van der Waals surface area contributed by atoms with Crippen LogP contribution in [0.4, 0.5) is 5.13 Å². The third-order valence-electron chi connectivity index (χ3n) is 5.16. The number of carbonyl (C=O) groups is 1. The molecule has 1 aromatic heterocycles. The number of methoxy groups -OCH3 is 2. The quantitative estimate of drug-likeness (QED) is 0.375. The summed E-state index contributed by atoms with van der Waals surface area (Å²) in [7, 11) is 3.14. The van der Waals surface area contributed by atoms with E-state index in [1.165, 1.54) is 16.9 Å². The van der Waals surface area contributed by atoms with Crippen molar-refractivity contribution in [3.05, 3.63) is 83.4 Å². The maximum atomic E-state index is 13.6. The Morgan fingerprint density at radius 1 is 0.968 bits per heavy atom. The highest BCUT2D eigenvalue weighted by Gasteiger charge is 2.23. The summed E-state index contributed by atoms with van der Waals surface area (Å²) in [6, 6.07) is 21.3. The van der Waals surface area contributed by atoms with Crippen LogP contribution >= 0.6 is 11.3 Å². The van der Waals surface area contributed by atoms with Crippen LogP contribution in [0.2, 0.25) is 0 Å². The Hall–Kier alpha value is -3.38. The lowest BCUT2D eigenvalue weighted by atomic mass is 10.1. The fourth-order valence-corrected chi connectivity index (χ4v) is 4.52. The number of thiazole rings is 1. The number of aromatic nitrogens is 1. The number of hydrogen-bond donors (Lipinski definition) is 0. The first kappa shape index (κ1) is 20.9. The van der Waals surface area contributed by atoms with Crippen LogP contribution < -0.4 is 14.4 Å². The van der Waals surface area contributed by atoms with Gasteiger partial charge in [-0.1, -0.05) is 60.7 Å². The zero-order chi connectivity index (χ0) is 21.8. The van der Waals surface area contributed by atoms with Crippen LogP contribution in [0.1, 0.15) is 28.4 Å². The Kier molecular flexibility index (Phi) is 6.18. The Morgan fingerprint density at radius 2 is 1.74 bits per heavy atom. The van der Waals surface area contributed by atoms with Crippen molar-refractivity contribution >= 4 is 32.6 Å². The molecule has 4 rings (SSSR count). The molecule has 0 N–H and O–H groups in total. The van der Waals surface area contributed by atoms with Gasteiger partial charge in [0.2, 0.25) is 0 Å². The Bertz CT molecular complexity index is 1200. The first-order chi connectivity index (χ1) is 15.1. The molecule has 0 fully saturated rings. The molecule has 0 aliphatic carbocycles. The summed E-state index contributed by atoms with van der Waals surface area (Å²) >= 11 is 1.53. The summed E-state index contributed by atoms with van der Waals surface area (Å²) in [6.45, 7) is 2.54. The predicted molar refractivity (Wildman–Crippen MR) is 125 cm³/mol. The zero-order valence-electron chi connectivity index (χ0n) is 17.8. The minimum absolute atomic E-state index is 0.137. The second kappa shape index (κ2) is 9.18. The Labute approximate surface area is 185 Å². The average Bonchev–Trinajstić information content (AvgIpc) is 3.26. The molecule has 0 aliphatic heterocycles. The van der Waals surface area contributed by atoms with Crippen LogP contribution in [0, 0.1) is 0 Å². The van der Waals surface area contributed by atoms with E-state index >= 15 is 0 Å². The van der Waals surface area contributed by atoms with Crippen molar-refractivity contribution in [1.29, 1.82) is 0 Å². The van der Waals surface area contributed by atoms with Crippen molar-refractivity contribution in [1.82, 2.24) is 4.98 Å². The van der Waals surface area contributed by atoms with Gasteiger partial charge in [0.1, 0.15) is 0 Å². The number of hydrogen-bond acceptors (Lipinski definition) is 5. The highest BCUT2D eigenvalue weighted by Crippen LogP contribution is 2.34. The maximum absolute atomic E-state index is 13.6. The molecular weight excluding hydrogens is 408 g/mol. The number of benzene rings is 3. The minimum atomic E-state index is -0.137. The van der Waals surface area contributed by atoms with Crippen LogP contribution in [0.25, 0.3) is 10.2 Å². The van der Waals surface area contributed by atoms with Crippen LogP contribution in [-0.4, -0.2) is 25.1 Å². The number of carbonyl (C=O) groups excluding carboxylic acids is 1. The van der Waals surface area contributed by atoms with E-state index in [1.54, 1.807) is 37.3 Å². The van der Waals surface area contributed by atoms with Crippen LogP contribution in [0.15, 0.2) is 66.7 Å². The van der Waals surface area contributed by atoms with Gasteiger partial charge in [0, 0.05) is 5.56 Å². The number of nitrogens with zero attached hydrogens (tertiary/aromatic N) is 2. The average molecular weight is 433 g/mol. The van der Waals surface area contributed by atoms with Gasteiger partial charge < -0.3 is 9.47 Å². The van der Waals surface area contributed by atoms with Crippen molar-refractivity contribution in [3.63, 3.8) is 0 Å². The fourth-order valence-electron chi connectivity index (χ4n) is 3.51. The van der Waals surface area contributed by atoms with Crippen molar-refractivity contribution in [3.8, 4) is 11.5 Å². The number of aryl methyl sites for hydroxylation is 1. The van der Waals surface area contributed by atoms with E-state index < -0.39 is 0 Å². The number of fused-ring (bicyclic) bond motifs is 1. The predicted octanol–water partition coefficient (Wildman–Crippen LogP) is 5.72. The lowest BCUT2D eigenvalue weighted by Crippen LogP contribution is -2.30. The lowest BCUT2D eigenvalue weighted by Gasteiger charge is -2.21. The highest BCUT2D eigenvalue weighted by molar-refractivity contribution is 7.22. The minimum Gasteiger partial charge on any atom is -0.493 e. The SMILES string of the molecule is CCc1cccc2sc(N(Cc3ccccc3)C(=O)c3ccc(OC)c(OC)c3)nc12. The molecule has 158 valence electrons. The molecule has 0 aliphatic rings. The molecule has 0 saturated heterocycles. The van der Waals surface area contributed by atoms with E-state index in [4.69, 9.17) is 14.5 Å². The van der Waals surface area contributed by atoms with E-state index in [0.717, 1.165) is 22.2 Å². The smallest absolute Gasteiger partial charge is 0.260 e. The number of anilines is 1. The molecule has 0 spiro atoms. The second-order valence-electron chi connectivity index (χ2n) is 7.06. The van der Waals surface area contributed by atoms with Gasteiger partial charge in [-0.25, -0.2) is 4.98 Å². The molecule has 0 atom stereocenters. The molecular formula is C25H24N2O3S. The molecule has 0 radical (unpaired) electrons. The first-order valence-electron chi connectivity index (χ1n) is 10.1. The molecule has 1 heterocycles. The standard InChI is InChI=1S/C25H24N2O3S/c1-4-18-11-8-12-22-23(18)26-25(31-22)27(16-17-9-6-5-7-10-17)24(28)19-13-14-20(29-2)21(15-19)30-3/h5-15H,4,16H2,1-3H3. The Balaban J connectivity index is 1.79. The van der Waals surface area contributed by atoms with E-state index in [9.17, 15) is 4.79 Å². The molecule has 31 heavy (non-hydrogen) atoms. The second-order valence-corrected chi connectivity index (χ2v) is 8.07. The van der Waals surface area contributed by atoms with E-state index in [-0.39, 0.29) is 5.91 Å². The van der Waals surface area contributed by atoms with E-state index in [2.05, 4.69) is 19.1 Å². The van der Waals surface area contributed by atoms with Crippen LogP contribution in [0.5, 0.6) is 11.5 Å². The van der Waals surface area contributed by atoms with Crippen molar-refractivity contribution < 1.29 is 14.3 Å². The summed E-state index contributed by atoms with van der Waals surface area (Å²) in [5, 5.41) is 0.680. The van der Waals surface area contributed by atoms with Crippen molar-refractivity contribution in [2.75, 3.05) is 19.1 Å². The first-order valence-corrected chi connectivity index (χ1v) is 10.9. The molecule has 0 bridgehead atoms. The summed E-state index contributed by atoms with van der Waals surface area (Å²) in [5.41, 5.74) is 3.69. The highest BCUT2D eigenvalue weighted by atomic mass is 32.1. The Morgan fingerprint density at radius 3 is 2.45 bits per heavy atom. The van der Waals surface area contributed by atoms with Gasteiger partial charge in [-0.05, 0) is 41.8 Å². The monoisotopic (exact) mass is 432 g/mol. The molecule has 0 saturated carbocycles. The summed E-state index contributed by atoms with van der Waals surface area (Å²) in [6.07, 6.45) is 0.892. The normalized spacial score (nSPS) is 10.8. The molecule has 0 unspecified atom stereocenters. The molecule has 6 heteroatoms. The topological polar surface area (TPSA) is 51.7 Å². The summed E-state index contributed by atoms with van der Waals surface area (Å²) in [4.78, 5) is 20.3. The van der Waals surface area contributed by atoms with Gasteiger partial charge in [-0.15, -0.1) is 0 Å². The van der Waals surface area contributed by atoms with Gasteiger partial charge in [0.05, 0.1) is 31.0 Å². The third kappa shape index (κ3) is 4.25. The van der Waals surface area contributed by atoms with E-state index in [1.807, 2.05) is 36.4 Å². The van der Waals surface area contributed by atoms with Gasteiger partial charge >= 0.3 is 0 Å². The fraction of sp³-hybridized carbons (Fsp3) is 0.200. The van der Waals surface area contributed by atoms with Gasteiger partial charge in [0.15, 0.2) is 16.6 Å².